The van der Waals surface area contributed by atoms with Crippen LogP contribution >= 0.6 is 0 Å². The molecule has 1 heterocycles. The fourth-order valence-corrected chi connectivity index (χ4v) is 1.80. The van der Waals surface area contributed by atoms with E-state index < -0.39 is 6.36 Å². The van der Waals surface area contributed by atoms with E-state index in [1.54, 1.807) is 36.7 Å². The molecule has 1 aromatic carbocycles. The summed E-state index contributed by atoms with van der Waals surface area (Å²) in [6, 6.07) is 4.61. The number of ether oxygens (including phenoxy) is 1. The lowest BCUT2D eigenvalue weighted by atomic mass is 10.00. The van der Waals surface area contributed by atoms with E-state index in [1.165, 1.54) is 6.07 Å². The van der Waals surface area contributed by atoms with E-state index in [4.69, 9.17) is 0 Å². The molecule has 0 saturated heterocycles. The maximum absolute atomic E-state index is 12.4. The van der Waals surface area contributed by atoms with Crippen molar-refractivity contribution in [3.05, 3.63) is 47.7 Å². The molecule has 0 N–H and O–H groups in total. The quantitative estimate of drug-likeness (QED) is 0.726. The highest BCUT2D eigenvalue weighted by Crippen LogP contribution is 2.33. The Labute approximate surface area is 122 Å². The van der Waals surface area contributed by atoms with Crippen molar-refractivity contribution in [2.45, 2.75) is 33.6 Å². The molecular formula is C16H18F3NO. The van der Waals surface area contributed by atoms with E-state index in [1.807, 2.05) is 20.8 Å². The second kappa shape index (κ2) is 7.67. The number of alkyl halides is 3. The van der Waals surface area contributed by atoms with Crippen molar-refractivity contribution >= 4 is 11.8 Å². The largest absolute Gasteiger partial charge is 0.573 e. The lowest BCUT2D eigenvalue weighted by Gasteiger charge is -2.15. The normalized spacial score (nSPS) is 13.9. The van der Waals surface area contributed by atoms with Gasteiger partial charge in [0.25, 0.3) is 0 Å². The highest BCUT2D eigenvalue weighted by Gasteiger charge is 2.32. The van der Waals surface area contributed by atoms with Crippen molar-refractivity contribution in [1.82, 2.24) is 0 Å². The highest BCUT2D eigenvalue weighted by molar-refractivity contribution is 5.83. The number of halogens is 3. The predicted octanol–water partition coefficient (Wildman–Crippen LogP) is 5.29. The number of aliphatic imine (C=N–C) groups is 1. The topological polar surface area (TPSA) is 21.6 Å². The molecule has 2 nitrogen and oxygen atoms in total. The molecule has 114 valence electrons. The molecule has 5 heteroatoms. The number of aryl methyl sites for hydroxylation is 1. The molecule has 21 heavy (non-hydrogen) atoms. The predicted molar refractivity (Wildman–Crippen MR) is 79.4 cm³/mol. The van der Waals surface area contributed by atoms with Crippen molar-refractivity contribution in [2.24, 2.45) is 4.99 Å². The molecular weight excluding hydrogens is 279 g/mol. The molecule has 0 atom stereocenters. The first-order valence-corrected chi connectivity index (χ1v) is 6.70. The second-order valence-corrected chi connectivity index (χ2v) is 4.12. The zero-order valence-corrected chi connectivity index (χ0v) is 12.2. The van der Waals surface area contributed by atoms with Gasteiger partial charge in [0.05, 0.1) is 0 Å². The van der Waals surface area contributed by atoms with Gasteiger partial charge in [-0.05, 0) is 30.7 Å². The van der Waals surface area contributed by atoms with Gasteiger partial charge in [-0.15, -0.1) is 13.2 Å². The standard InChI is InChI=1S/C14H12F3NO.C2H6/c1-10-4-5-13(19-14(15,16)17)12(9-10)11-3-2-7-18-8-6-11;1-2/h2-5,7-9H,6H2,1H3;1-2H3. The van der Waals surface area contributed by atoms with Crippen molar-refractivity contribution in [3.8, 4) is 5.75 Å². The van der Waals surface area contributed by atoms with Crippen molar-refractivity contribution in [3.63, 3.8) is 0 Å². The van der Waals surface area contributed by atoms with Gasteiger partial charge >= 0.3 is 6.36 Å². The summed E-state index contributed by atoms with van der Waals surface area (Å²) in [5, 5.41) is 0. The number of allylic oxidation sites excluding steroid dienone is 3. The Balaban J connectivity index is 0.00000106. The molecule has 0 aromatic heterocycles. The van der Waals surface area contributed by atoms with Gasteiger partial charge in [0.15, 0.2) is 0 Å². The van der Waals surface area contributed by atoms with Crippen LogP contribution in [0.25, 0.3) is 5.57 Å². The molecule has 0 spiro atoms. The van der Waals surface area contributed by atoms with Gasteiger partial charge in [-0.3, -0.25) is 4.99 Å². The zero-order chi connectivity index (χ0) is 15.9. The average molecular weight is 297 g/mol. The van der Waals surface area contributed by atoms with Crippen LogP contribution in [0.2, 0.25) is 0 Å². The first-order valence-electron chi connectivity index (χ1n) is 6.70. The SMILES string of the molecule is CC.Cc1ccc(OC(F)(F)F)c(C2=CC=CN=CC2)c1. The van der Waals surface area contributed by atoms with Gasteiger partial charge in [0.2, 0.25) is 0 Å². The van der Waals surface area contributed by atoms with Crippen LogP contribution in [0.15, 0.2) is 41.5 Å². The molecule has 1 aromatic rings. The van der Waals surface area contributed by atoms with E-state index in [-0.39, 0.29) is 5.75 Å². The first kappa shape index (κ1) is 17.0. The molecule has 0 aliphatic carbocycles. The second-order valence-electron chi connectivity index (χ2n) is 4.12. The van der Waals surface area contributed by atoms with Crippen LogP contribution in [-0.4, -0.2) is 12.6 Å². The Bertz CT molecular complexity index is 557. The van der Waals surface area contributed by atoms with Crippen molar-refractivity contribution in [2.75, 3.05) is 0 Å². The van der Waals surface area contributed by atoms with Crippen LogP contribution in [0.5, 0.6) is 5.75 Å². The molecule has 2 rings (SSSR count). The molecule has 1 aliphatic rings. The summed E-state index contributed by atoms with van der Waals surface area (Å²) < 4.78 is 41.2. The number of rotatable bonds is 2. The minimum atomic E-state index is -4.70. The third kappa shape index (κ3) is 5.45. The minimum Gasteiger partial charge on any atom is -0.405 e. The van der Waals surface area contributed by atoms with Crippen molar-refractivity contribution < 1.29 is 17.9 Å². The number of nitrogens with zero attached hydrogens (tertiary/aromatic N) is 1. The Morgan fingerprint density at radius 3 is 2.57 bits per heavy atom. The van der Waals surface area contributed by atoms with E-state index in [2.05, 4.69) is 9.73 Å². The lowest BCUT2D eigenvalue weighted by molar-refractivity contribution is -0.274. The third-order valence-corrected chi connectivity index (χ3v) is 2.59. The summed E-state index contributed by atoms with van der Waals surface area (Å²) in [5.41, 5.74) is 2.05. The summed E-state index contributed by atoms with van der Waals surface area (Å²) in [6.07, 6.45) is 2.44. The number of hydrogen-bond acceptors (Lipinski definition) is 2. The van der Waals surface area contributed by atoms with Crippen LogP contribution in [0.4, 0.5) is 13.2 Å². The van der Waals surface area contributed by atoms with E-state index in [0.29, 0.717) is 12.0 Å². The monoisotopic (exact) mass is 297 g/mol. The Hall–Kier alpha value is -2.04. The van der Waals surface area contributed by atoms with Crippen LogP contribution in [-0.2, 0) is 0 Å². The zero-order valence-electron chi connectivity index (χ0n) is 12.2. The summed E-state index contributed by atoms with van der Waals surface area (Å²) in [5.74, 6) is -0.187. The first-order chi connectivity index (χ1) is 9.96. The van der Waals surface area contributed by atoms with Crippen molar-refractivity contribution in [1.29, 1.82) is 0 Å². The van der Waals surface area contributed by atoms with Gasteiger partial charge in [-0.25, -0.2) is 0 Å². The maximum atomic E-state index is 12.4. The molecule has 0 saturated carbocycles. The van der Waals surface area contributed by atoms with Gasteiger partial charge in [0.1, 0.15) is 5.75 Å². The molecule has 0 fully saturated rings. The van der Waals surface area contributed by atoms with Crippen LogP contribution < -0.4 is 4.74 Å². The number of benzene rings is 1. The highest BCUT2D eigenvalue weighted by atomic mass is 19.4. The molecule has 0 radical (unpaired) electrons. The van der Waals surface area contributed by atoms with E-state index >= 15 is 0 Å². The van der Waals surface area contributed by atoms with E-state index in [9.17, 15) is 13.2 Å². The third-order valence-electron chi connectivity index (χ3n) is 2.59. The Morgan fingerprint density at radius 2 is 1.90 bits per heavy atom. The molecule has 0 bridgehead atoms. The van der Waals surface area contributed by atoms with Gasteiger partial charge < -0.3 is 4.74 Å². The lowest BCUT2D eigenvalue weighted by Crippen LogP contribution is -2.18. The van der Waals surface area contributed by atoms with Gasteiger partial charge in [0, 0.05) is 24.4 Å². The summed E-state index contributed by atoms with van der Waals surface area (Å²) in [6.45, 7) is 5.82. The summed E-state index contributed by atoms with van der Waals surface area (Å²) >= 11 is 0. The molecule has 1 aliphatic heterocycles. The summed E-state index contributed by atoms with van der Waals surface area (Å²) in [4.78, 5) is 3.95. The smallest absolute Gasteiger partial charge is 0.405 e. The average Bonchev–Trinajstić information content (AvgIpc) is 2.70. The maximum Gasteiger partial charge on any atom is 0.573 e. The fourth-order valence-electron chi connectivity index (χ4n) is 1.80. The fraction of sp³-hybridized carbons (Fsp3) is 0.312. The molecule has 0 amide bonds. The summed E-state index contributed by atoms with van der Waals surface area (Å²) in [7, 11) is 0. The van der Waals surface area contributed by atoms with E-state index in [0.717, 1.165) is 11.1 Å². The molecule has 0 unspecified atom stereocenters. The minimum absolute atomic E-state index is 0.187. The Morgan fingerprint density at radius 1 is 1.19 bits per heavy atom. The van der Waals surface area contributed by atoms with Crippen LogP contribution in [0.3, 0.4) is 0 Å². The van der Waals surface area contributed by atoms with Crippen LogP contribution in [0, 0.1) is 6.92 Å². The van der Waals surface area contributed by atoms with Gasteiger partial charge in [-0.1, -0.05) is 31.6 Å². The van der Waals surface area contributed by atoms with Gasteiger partial charge in [-0.2, -0.15) is 0 Å². The number of hydrogen-bond donors (Lipinski definition) is 0. The Kier molecular flexibility index (Phi) is 6.21. The van der Waals surface area contributed by atoms with Crippen LogP contribution in [0.1, 0.15) is 31.4 Å².